The van der Waals surface area contributed by atoms with E-state index in [4.69, 9.17) is 25.8 Å². The van der Waals surface area contributed by atoms with E-state index >= 15 is 0 Å². The summed E-state index contributed by atoms with van der Waals surface area (Å²) in [5, 5.41) is 1.77. The van der Waals surface area contributed by atoms with E-state index in [-0.39, 0.29) is 6.04 Å². The third-order valence-corrected chi connectivity index (χ3v) is 7.79. The Bertz CT molecular complexity index is 1560. The van der Waals surface area contributed by atoms with Crippen LogP contribution in [0.25, 0.3) is 10.9 Å². The first-order chi connectivity index (χ1) is 21.1. The number of H-pyrrole nitrogens is 1. The van der Waals surface area contributed by atoms with Crippen LogP contribution >= 0.6 is 11.6 Å². The Balaban J connectivity index is 1.28. The highest BCUT2D eigenvalue weighted by Crippen LogP contribution is 2.40. The molecule has 5 rings (SSSR count). The van der Waals surface area contributed by atoms with Gasteiger partial charge in [0.05, 0.1) is 13.7 Å². The molecule has 0 spiro atoms. The van der Waals surface area contributed by atoms with Crippen molar-refractivity contribution < 1.29 is 19.0 Å². The van der Waals surface area contributed by atoms with E-state index < -0.39 is 6.09 Å². The number of fused-ring (bicyclic) bond motifs is 3. The first-order valence-corrected chi connectivity index (χ1v) is 15.0. The highest BCUT2D eigenvalue weighted by atomic mass is 35.5. The summed E-state index contributed by atoms with van der Waals surface area (Å²) in [6, 6.07) is 20.5. The van der Waals surface area contributed by atoms with Crippen molar-refractivity contribution in [1.29, 1.82) is 0 Å². The minimum Gasteiger partial charge on any atom is -0.497 e. The van der Waals surface area contributed by atoms with Gasteiger partial charge in [-0.2, -0.15) is 0 Å². The lowest BCUT2D eigenvalue weighted by Gasteiger charge is -2.35. The SMILES string of the molecule is CN=CC=NCCCCCCOc1ccc(C2c3[nH]c4ccc(Cl)cc4c3CCN2C(=O)Oc2ccc(OC)cc2)cc1. The van der Waals surface area contributed by atoms with E-state index in [2.05, 4.69) is 15.0 Å². The number of hydrogen-bond donors (Lipinski definition) is 1. The van der Waals surface area contributed by atoms with Crippen molar-refractivity contribution in [2.24, 2.45) is 9.98 Å². The van der Waals surface area contributed by atoms with Gasteiger partial charge in [0.25, 0.3) is 0 Å². The first kappa shape index (κ1) is 30.2. The molecule has 1 atom stereocenters. The molecule has 1 amide bonds. The van der Waals surface area contributed by atoms with Gasteiger partial charge >= 0.3 is 6.09 Å². The highest BCUT2D eigenvalue weighted by molar-refractivity contribution is 6.31. The highest BCUT2D eigenvalue weighted by Gasteiger charge is 2.35. The van der Waals surface area contributed by atoms with Crippen molar-refractivity contribution in [2.75, 3.05) is 33.9 Å². The number of unbranched alkanes of at least 4 members (excludes halogenated alkanes) is 3. The molecule has 0 fully saturated rings. The van der Waals surface area contributed by atoms with Gasteiger partial charge in [0.2, 0.25) is 0 Å². The van der Waals surface area contributed by atoms with Gasteiger partial charge in [0.15, 0.2) is 0 Å². The molecule has 43 heavy (non-hydrogen) atoms. The molecule has 0 bridgehead atoms. The zero-order valence-corrected chi connectivity index (χ0v) is 25.3. The molecule has 4 aromatic rings. The van der Waals surface area contributed by atoms with Crippen molar-refractivity contribution >= 4 is 41.0 Å². The number of methoxy groups -OCH3 is 1. The number of aliphatic imine (C=N–C) groups is 2. The summed E-state index contributed by atoms with van der Waals surface area (Å²) in [7, 11) is 3.34. The Morgan fingerprint density at radius 3 is 2.49 bits per heavy atom. The van der Waals surface area contributed by atoms with E-state index in [1.807, 2.05) is 42.5 Å². The fourth-order valence-electron chi connectivity index (χ4n) is 5.39. The summed E-state index contributed by atoms with van der Waals surface area (Å²) < 4.78 is 17.1. The quantitative estimate of drug-likeness (QED) is 0.133. The fraction of sp³-hybridized carbons (Fsp3) is 0.324. The van der Waals surface area contributed by atoms with Crippen LogP contribution in [0.15, 0.2) is 76.7 Å². The standard InChI is InChI=1S/C34H37ClN4O4/c1-36-19-20-37-18-5-3-4-6-22-42-27-10-7-24(8-11-27)33-32-29(30-23-25(35)9-16-31(30)38-32)17-21-39(33)34(40)43-28-14-12-26(41-2)13-15-28/h7-16,19-20,23,33,38H,3-6,17-18,21-22H2,1-2H3. The van der Waals surface area contributed by atoms with Gasteiger partial charge in [-0.3, -0.25) is 14.9 Å². The zero-order valence-electron chi connectivity index (χ0n) is 24.6. The average molecular weight is 601 g/mol. The predicted molar refractivity (Wildman–Crippen MR) is 173 cm³/mol. The van der Waals surface area contributed by atoms with Crippen LogP contribution in [-0.2, 0) is 6.42 Å². The summed E-state index contributed by atoms with van der Waals surface area (Å²) in [4.78, 5) is 27.1. The maximum atomic E-state index is 13.6. The second-order valence-corrected chi connectivity index (χ2v) is 10.8. The monoisotopic (exact) mass is 600 g/mol. The van der Waals surface area contributed by atoms with Gasteiger partial charge < -0.3 is 19.2 Å². The molecular formula is C34H37ClN4O4. The summed E-state index contributed by atoms with van der Waals surface area (Å²) in [6.07, 6.45) is 7.97. The normalized spacial score (nSPS) is 14.9. The van der Waals surface area contributed by atoms with Crippen molar-refractivity contribution in [2.45, 2.75) is 38.1 Å². The fourth-order valence-corrected chi connectivity index (χ4v) is 5.56. The number of carbonyl (C=O) groups is 1. The number of rotatable bonds is 12. The van der Waals surface area contributed by atoms with E-state index in [0.717, 1.165) is 60.1 Å². The maximum absolute atomic E-state index is 13.6. The van der Waals surface area contributed by atoms with Crippen molar-refractivity contribution in [1.82, 2.24) is 9.88 Å². The van der Waals surface area contributed by atoms with Crippen LogP contribution in [0.4, 0.5) is 4.79 Å². The number of nitrogens with one attached hydrogen (secondary N) is 1. The number of benzene rings is 3. The molecule has 1 N–H and O–H groups in total. The van der Waals surface area contributed by atoms with Gasteiger partial charge in [-0.25, -0.2) is 4.79 Å². The van der Waals surface area contributed by atoms with Gasteiger partial charge in [0, 0.05) is 54.2 Å². The molecule has 0 saturated heterocycles. The first-order valence-electron chi connectivity index (χ1n) is 14.6. The molecule has 1 aliphatic heterocycles. The summed E-state index contributed by atoms with van der Waals surface area (Å²) in [6.45, 7) is 1.98. The van der Waals surface area contributed by atoms with Crippen molar-refractivity contribution in [3.05, 3.63) is 88.6 Å². The second-order valence-electron chi connectivity index (χ2n) is 10.4. The molecule has 224 valence electrons. The zero-order chi connectivity index (χ0) is 30.0. The van der Waals surface area contributed by atoms with Crippen LogP contribution in [0, 0.1) is 0 Å². The maximum Gasteiger partial charge on any atom is 0.416 e. The van der Waals surface area contributed by atoms with E-state index in [9.17, 15) is 4.79 Å². The molecular weight excluding hydrogens is 564 g/mol. The molecule has 1 aliphatic rings. The summed E-state index contributed by atoms with van der Waals surface area (Å²) in [5.74, 6) is 1.96. The molecule has 8 nitrogen and oxygen atoms in total. The Morgan fingerprint density at radius 2 is 1.72 bits per heavy atom. The lowest BCUT2D eigenvalue weighted by molar-refractivity contribution is 0.135. The van der Waals surface area contributed by atoms with Crippen molar-refractivity contribution in [3.8, 4) is 17.2 Å². The number of aromatic amines is 1. The molecule has 9 heteroatoms. The van der Waals surface area contributed by atoms with Gasteiger partial charge in [-0.05, 0) is 91.4 Å². The minimum atomic E-state index is -0.415. The summed E-state index contributed by atoms with van der Waals surface area (Å²) in [5.41, 5.74) is 4.09. The van der Waals surface area contributed by atoms with E-state index in [1.165, 1.54) is 5.56 Å². The van der Waals surface area contributed by atoms with Crippen LogP contribution in [-0.4, -0.2) is 62.3 Å². The third-order valence-electron chi connectivity index (χ3n) is 7.56. The minimum absolute atomic E-state index is 0.360. The number of carbonyl (C=O) groups excluding carboxylic acids is 1. The molecule has 3 aromatic carbocycles. The predicted octanol–water partition coefficient (Wildman–Crippen LogP) is 7.69. The number of halogens is 1. The molecule has 2 heterocycles. The molecule has 0 saturated carbocycles. The van der Waals surface area contributed by atoms with Crippen molar-refractivity contribution in [3.63, 3.8) is 0 Å². The number of aromatic nitrogens is 1. The third kappa shape index (κ3) is 7.56. The van der Waals surface area contributed by atoms with Gasteiger partial charge in [-0.15, -0.1) is 0 Å². The number of hydrogen-bond acceptors (Lipinski definition) is 6. The summed E-state index contributed by atoms with van der Waals surface area (Å²) >= 11 is 6.35. The van der Waals surface area contributed by atoms with E-state index in [1.54, 1.807) is 55.8 Å². The van der Waals surface area contributed by atoms with Crippen LogP contribution in [0.2, 0.25) is 5.02 Å². The van der Waals surface area contributed by atoms with Gasteiger partial charge in [0.1, 0.15) is 23.3 Å². The Kier molecular flexibility index (Phi) is 10.3. The number of amides is 1. The molecule has 1 unspecified atom stereocenters. The molecule has 1 aromatic heterocycles. The smallest absolute Gasteiger partial charge is 0.416 e. The Morgan fingerprint density at radius 1 is 0.977 bits per heavy atom. The van der Waals surface area contributed by atoms with Crippen LogP contribution in [0.5, 0.6) is 17.2 Å². The largest absolute Gasteiger partial charge is 0.497 e. The Hall–Kier alpha value is -4.30. The average Bonchev–Trinajstić information content (AvgIpc) is 3.40. The molecule has 0 aliphatic carbocycles. The topological polar surface area (TPSA) is 88.5 Å². The second kappa shape index (κ2) is 14.7. The number of nitrogens with zero attached hydrogens (tertiary/aromatic N) is 3. The van der Waals surface area contributed by atoms with E-state index in [0.29, 0.717) is 36.1 Å². The lowest BCUT2D eigenvalue weighted by atomic mass is 9.92. The van der Waals surface area contributed by atoms with Crippen LogP contribution in [0.3, 0.4) is 0 Å². The van der Waals surface area contributed by atoms with Crippen LogP contribution in [0.1, 0.15) is 48.5 Å². The number of ether oxygens (including phenoxy) is 3. The molecule has 0 radical (unpaired) electrons. The Labute approximate surface area is 257 Å². The lowest BCUT2D eigenvalue weighted by Crippen LogP contribution is -2.42. The van der Waals surface area contributed by atoms with Crippen LogP contribution < -0.4 is 14.2 Å². The van der Waals surface area contributed by atoms with Gasteiger partial charge in [-0.1, -0.05) is 30.2 Å².